The van der Waals surface area contributed by atoms with Gasteiger partial charge in [-0.1, -0.05) is 19.1 Å². The molecule has 168 valence electrons. The summed E-state index contributed by atoms with van der Waals surface area (Å²) in [7, 11) is -1.83. The number of sulfonamides is 1. The first-order chi connectivity index (χ1) is 14.8. The molecule has 0 unspecified atom stereocenters. The van der Waals surface area contributed by atoms with Crippen LogP contribution in [0.4, 0.5) is 11.4 Å². The van der Waals surface area contributed by atoms with Gasteiger partial charge in [0.1, 0.15) is 5.75 Å². The fourth-order valence-corrected chi connectivity index (χ4v) is 4.02. The summed E-state index contributed by atoms with van der Waals surface area (Å²) in [6.45, 7) is 4.55. The molecule has 1 aliphatic rings. The predicted molar refractivity (Wildman–Crippen MR) is 124 cm³/mol. The molecule has 0 aliphatic carbocycles. The lowest BCUT2D eigenvalue weighted by Gasteiger charge is -2.20. The van der Waals surface area contributed by atoms with Crippen LogP contribution in [0, 0.1) is 0 Å². The summed E-state index contributed by atoms with van der Waals surface area (Å²) in [5.41, 5.74) is 2.80. The van der Waals surface area contributed by atoms with E-state index in [1.54, 1.807) is 24.3 Å². The van der Waals surface area contributed by atoms with E-state index in [4.69, 9.17) is 4.74 Å². The van der Waals surface area contributed by atoms with Crippen LogP contribution in [0.2, 0.25) is 0 Å². The van der Waals surface area contributed by atoms with E-state index in [9.17, 15) is 13.2 Å². The number of benzene rings is 2. The highest BCUT2D eigenvalue weighted by Gasteiger charge is 2.19. The molecule has 0 saturated carbocycles. The Hall–Kier alpha value is -2.74. The molecular weight excluding hydrogens is 414 g/mol. The Morgan fingerprint density at radius 1 is 1.10 bits per heavy atom. The van der Waals surface area contributed by atoms with Gasteiger partial charge >= 0.3 is 0 Å². The third kappa shape index (κ3) is 6.13. The van der Waals surface area contributed by atoms with Crippen molar-refractivity contribution in [2.24, 2.45) is 0 Å². The first kappa shape index (κ1) is 22.9. The van der Waals surface area contributed by atoms with Gasteiger partial charge < -0.3 is 15.0 Å². The van der Waals surface area contributed by atoms with E-state index in [1.165, 1.54) is 29.9 Å². The predicted octanol–water partition coefficient (Wildman–Crippen LogP) is 3.16. The van der Waals surface area contributed by atoms with E-state index >= 15 is 0 Å². The zero-order valence-electron chi connectivity index (χ0n) is 18.4. The number of hydrogen-bond donors (Lipinski definition) is 1. The lowest BCUT2D eigenvalue weighted by atomic mass is 10.2. The van der Waals surface area contributed by atoms with Gasteiger partial charge in [0.05, 0.1) is 11.9 Å². The first-order valence-electron chi connectivity index (χ1n) is 10.6. The van der Waals surface area contributed by atoms with Gasteiger partial charge in [-0.25, -0.2) is 8.42 Å². The van der Waals surface area contributed by atoms with Crippen LogP contribution in [-0.2, 0) is 21.4 Å². The fraction of sp³-hybridized carbons (Fsp3) is 0.435. The maximum Gasteiger partial charge on any atom is 0.261 e. The van der Waals surface area contributed by atoms with E-state index in [1.807, 2.05) is 19.1 Å². The van der Waals surface area contributed by atoms with Crippen molar-refractivity contribution in [3.05, 3.63) is 54.1 Å². The lowest BCUT2D eigenvalue weighted by Crippen LogP contribution is -2.37. The number of amides is 1. The number of carbonyl (C=O) groups excluding carboxylic acids is 1. The molecule has 1 aliphatic heterocycles. The van der Waals surface area contributed by atoms with Crippen molar-refractivity contribution in [2.75, 3.05) is 35.6 Å². The zero-order chi connectivity index (χ0) is 22.4. The largest absolute Gasteiger partial charge is 0.481 e. The Balaban J connectivity index is 1.54. The second-order valence-corrected chi connectivity index (χ2v) is 9.83. The second-order valence-electron chi connectivity index (χ2n) is 7.82. The minimum Gasteiger partial charge on any atom is -0.481 e. The normalized spacial score (nSPS) is 14.9. The maximum atomic E-state index is 12.6. The highest BCUT2D eigenvalue weighted by Crippen LogP contribution is 2.22. The fourth-order valence-electron chi connectivity index (χ4n) is 3.52. The van der Waals surface area contributed by atoms with Gasteiger partial charge in [0.25, 0.3) is 5.91 Å². The van der Waals surface area contributed by atoms with Gasteiger partial charge in [0.2, 0.25) is 10.0 Å². The second kappa shape index (κ2) is 10.0. The quantitative estimate of drug-likeness (QED) is 0.641. The molecule has 0 radical (unpaired) electrons. The Morgan fingerprint density at radius 2 is 1.71 bits per heavy atom. The summed E-state index contributed by atoms with van der Waals surface area (Å²) in [6, 6.07) is 15.0. The maximum absolute atomic E-state index is 12.6. The highest BCUT2D eigenvalue weighted by atomic mass is 32.2. The lowest BCUT2D eigenvalue weighted by molar-refractivity contribution is -0.128. The smallest absolute Gasteiger partial charge is 0.261 e. The summed E-state index contributed by atoms with van der Waals surface area (Å²) in [5.74, 6) is 0.339. The summed E-state index contributed by atoms with van der Waals surface area (Å²) in [5, 5.41) is 2.94. The molecule has 3 rings (SSSR count). The highest BCUT2D eigenvalue weighted by molar-refractivity contribution is 7.92. The van der Waals surface area contributed by atoms with Crippen LogP contribution < -0.4 is 19.3 Å². The van der Waals surface area contributed by atoms with E-state index in [-0.39, 0.29) is 5.91 Å². The van der Waals surface area contributed by atoms with E-state index in [0.717, 1.165) is 24.9 Å². The number of hydrogen-bond acceptors (Lipinski definition) is 5. The average Bonchev–Trinajstić information content (AvgIpc) is 3.30. The molecule has 31 heavy (non-hydrogen) atoms. The minimum atomic E-state index is -3.33. The van der Waals surface area contributed by atoms with Gasteiger partial charge in [0.15, 0.2) is 6.10 Å². The number of nitrogens with one attached hydrogen (secondary N) is 1. The van der Waals surface area contributed by atoms with Gasteiger partial charge in [0, 0.05) is 32.4 Å². The van der Waals surface area contributed by atoms with Crippen molar-refractivity contribution >= 4 is 27.3 Å². The molecule has 1 N–H and O–H groups in total. The molecule has 8 heteroatoms. The van der Waals surface area contributed by atoms with Gasteiger partial charge in [-0.05, 0) is 61.2 Å². The SMILES string of the molecule is CC[C@H](Oc1ccc(N(C)S(C)(=O)=O)cc1)C(=O)NCc1ccc(N2CCCC2)cc1. The van der Waals surface area contributed by atoms with E-state index in [0.29, 0.717) is 24.4 Å². The molecule has 2 aromatic rings. The van der Waals surface area contributed by atoms with E-state index < -0.39 is 16.1 Å². The molecule has 1 saturated heterocycles. The number of rotatable bonds is 9. The Labute approximate surface area is 185 Å². The van der Waals surface area contributed by atoms with Crippen molar-refractivity contribution in [1.29, 1.82) is 0 Å². The molecule has 2 aromatic carbocycles. The molecule has 1 heterocycles. The molecule has 0 bridgehead atoms. The molecule has 1 atom stereocenters. The van der Waals surface area contributed by atoms with Gasteiger partial charge in [-0.2, -0.15) is 0 Å². The summed E-state index contributed by atoms with van der Waals surface area (Å²) in [6.07, 6.45) is 3.53. The summed E-state index contributed by atoms with van der Waals surface area (Å²) >= 11 is 0. The molecule has 7 nitrogen and oxygen atoms in total. The van der Waals surface area contributed by atoms with Crippen molar-refractivity contribution in [2.45, 2.75) is 38.8 Å². The van der Waals surface area contributed by atoms with Crippen LogP contribution in [0.5, 0.6) is 5.75 Å². The monoisotopic (exact) mass is 445 g/mol. The summed E-state index contributed by atoms with van der Waals surface area (Å²) < 4.78 is 30.3. The number of carbonyl (C=O) groups is 1. The molecular formula is C23H31N3O4S. The van der Waals surface area contributed by atoms with Gasteiger partial charge in [-0.3, -0.25) is 9.10 Å². The standard InChI is InChI=1S/C23H31N3O4S/c1-4-22(30-21-13-11-19(12-14-21)25(2)31(3,28)29)23(27)24-17-18-7-9-20(10-8-18)26-15-5-6-16-26/h7-14,22H,4-6,15-17H2,1-3H3,(H,24,27)/t22-/m0/s1. The average molecular weight is 446 g/mol. The molecule has 1 amide bonds. The molecule has 0 spiro atoms. The number of nitrogens with zero attached hydrogens (tertiary/aromatic N) is 2. The Morgan fingerprint density at radius 3 is 2.26 bits per heavy atom. The van der Waals surface area contributed by atoms with Crippen LogP contribution in [0.25, 0.3) is 0 Å². The van der Waals surface area contributed by atoms with Crippen molar-refractivity contribution in [1.82, 2.24) is 5.32 Å². The Bertz CT molecular complexity index is 969. The number of anilines is 2. The van der Waals surface area contributed by atoms with Crippen LogP contribution >= 0.6 is 0 Å². The van der Waals surface area contributed by atoms with Crippen LogP contribution in [0.15, 0.2) is 48.5 Å². The van der Waals surface area contributed by atoms with Gasteiger partial charge in [-0.15, -0.1) is 0 Å². The third-order valence-corrected chi connectivity index (χ3v) is 6.72. The van der Waals surface area contributed by atoms with Crippen LogP contribution in [-0.4, -0.2) is 46.8 Å². The zero-order valence-corrected chi connectivity index (χ0v) is 19.2. The third-order valence-electron chi connectivity index (χ3n) is 5.51. The van der Waals surface area contributed by atoms with Crippen LogP contribution in [0.3, 0.4) is 0 Å². The van der Waals surface area contributed by atoms with Crippen molar-refractivity contribution in [3.8, 4) is 5.75 Å². The van der Waals surface area contributed by atoms with E-state index in [2.05, 4.69) is 22.3 Å². The topological polar surface area (TPSA) is 78.9 Å². The number of ether oxygens (including phenoxy) is 1. The minimum absolute atomic E-state index is 0.177. The first-order valence-corrected chi connectivity index (χ1v) is 12.4. The van der Waals surface area contributed by atoms with Crippen LogP contribution in [0.1, 0.15) is 31.7 Å². The molecule has 0 aromatic heterocycles. The van der Waals surface area contributed by atoms with Crippen molar-refractivity contribution < 1.29 is 17.9 Å². The van der Waals surface area contributed by atoms with Crippen molar-refractivity contribution in [3.63, 3.8) is 0 Å². The Kier molecular flexibility index (Phi) is 7.43. The summed E-state index contributed by atoms with van der Waals surface area (Å²) in [4.78, 5) is 15.0. The molecule has 1 fully saturated rings.